The van der Waals surface area contributed by atoms with Crippen molar-refractivity contribution in [1.82, 2.24) is 10.2 Å². The molecule has 0 saturated carbocycles. The van der Waals surface area contributed by atoms with Crippen LogP contribution in [0.15, 0.2) is 119 Å². The van der Waals surface area contributed by atoms with E-state index >= 15 is 0 Å². The van der Waals surface area contributed by atoms with Crippen LogP contribution in [0, 0.1) is 0 Å². The van der Waals surface area contributed by atoms with E-state index in [0.717, 1.165) is 65.8 Å². The van der Waals surface area contributed by atoms with E-state index in [0.29, 0.717) is 13.1 Å². The minimum absolute atomic E-state index is 0.112. The van der Waals surface area contributed by atoms with E-state index in [-0.39, 0.29) is 11.8 Å². The van der Waals surface area contributed by atoms with Gasteiger partial charge in [-0.3, -0.25) is 4.79 Å². The Morgan fingerprint density at radius 1 is 1.05 bits per heavy atom. The van der Waals surface area contributed by atoms with Crippen LogP contribution in [0.2, 0.25) is 0 Å². The third kappa shape index (κ3) is 10.8. The third-order valence-corrected chi connectivity index (χ3v) is 7.48. The zero-order valence-corrected chi connectivity index (χ0v) is 26.0. The first-order valence-electron chi connectivity index (χ1n) is 14.7. The first-order chi connectivity index (χ1) is 20.1. The van der Waals surface area contributed by atoms with Crippen LogP contribution in [0.4, 0.5) is 0 Å². The molecular weight excluding hydrogens is 524 g/mol. The molecule has 0 spiro atoms. The lowest BCUT2D eigenvalue weighted by Crippen LogP contribution is -2.36. The van der Waals surface area contributed by atoms with Gasteiger partial charge in [-0.25, -0.2) is 0 Å². The van der Waals surface area contributed by atoms with E-state index in [4.69, 9.17) is 0 Å². The van der Waals surface area contributed by atoms with Gasteiger partial charge in [0.1, 0.15) is 6.29 Å². The summed E-state index contributed by atoms with van der Waals surface area (Å²) in [5.74, 6) is -0.238. The Labute approximate surface area is 252 Å². The predicted molar refractivity (Wildman–Crippen MR) is 177 cm³/mol. The van der Waals surface area contributed by atoms with Crippen LogP contribution in [0.5, 0.6) is 0 Å². The fourth-order valence-corrected chi connectivity index (χ4v) is 5.49. The van der Waals surface area contributed by atoms with E-state index in [2.05, 4.69) is 74.3 Å². The Morgan fingerprint density at radius 2 is 1.68 bits per heavy atom. The average molecular weight is 571 g/mol. The second-order valence-electron chi connectivity index (χ2n) is 9.45. The summed E-state index contributed by atoms with van der Waals surface area (Å²) in [6, 6.07) is 20.2. The van der Waals surface area contributed by atoms with E-state index in [1.54, 1.807) is 11.8 Å². The van der Waals surface area contributed by atoms with Gasteiger partial charge < -0.3 is 15.0 Å². The van der Waals surface area contributed by atoms with Gasteiger partial charge in [-0.2, -0.15) is 0 Å². The number of amides is 1. The number of aldehydes is 1. The molecule has 2 aromatic carbocycles. The molecule has 2 aliphatic rings. The van der Waals surface area contributed by atoms with Crippen molar-refractivity contribution in [2.45, 2.75) is 59.3 Å². The molecule has 0 saturated heterocycles. The molecule has 2 aromatic rings. The summed E-state index contributed by atoms with van der Waals surface area (Å²) in [5.41, 5.74) is 4.14. The van der Waals surface area contributed by atoms with Crippen molar-refractivity contribution in [3.05, 3.63) is 130 Å². The molecule has 1 aliphatic carbocycles. The van der Waals surface area contributed by atoms with Crippen LogP contribution < -0.4 is 5.32 Å². The Bertz CT molecular complexity index is 1170. The molecule has 1 heterocycles. The van der Waals surface area contributed by atoms with Gasteiger partial charge in [-0.05, 0) is 66.8 Å². The van der Waals surface area contributed by atoms with Gasteiger partial charge in [0.25, 0.3) is 0 Å². The highest BCUT2D eigenvalue weighted by Gasteiger charge is 2.30. The second kappa shape index (κ2) is 19.6. The predicted octanol–water partition coefficient (Wildman–Crippen LogP) is 8.57. The Morgan fingerprint density at radius 3 is 2.27 bits per heavy atom. The fourth-order valence-electron chi connectivity index (χ4n) is 4.59. The monoisotopic (exact) mass is 570 g/mol. The Kier molecular flexibility index (Phi) is 16.2. The smallest absolute Gasteiger partial charge is 0.238 e. The van der Waals surface area contributed by atoms with Crippen molar-refractivity contribution < 1.29 is 9.59 Å². The van der Waals surface area contributed by atoms with Gasteiger partial charge in [0.2, 0.25) is 5.91 Å². The molecular formula is C36H46N2O2S. The summed E-state index contributed by atoms with van der Waals surface area (Å²) in [7, 11) is 0. The number of nitrogens with one attached hydrogen (secondary N) is 1. The lowest BCUT2D eigenvalue weighted by atomic mass is 9.89. The summed E-state index contributed by atoms with van der Waals surface area (Å²) in [4.78, 5) is 28.2. The molecule has 1 N–H and O–H groups in total. The Hall–Kier alpha value is -3.41. The standard InChI is InChI=1S/C29H29NOS.C5H11NO.C2H6/c1-22-14-12-13-21-30(27-20-11-5-10-19-26(27)23(2)32-22)29(31)28(24-15-6-3-7-16-24)25-17-8-4-9-18-25;1-2-3-6-4-5-7;1-2/h3-11,14-18,20,28H,2,12-13,19,21H2,1H3;5-6H,2-4H2,1H3;1-2H3/b22-14-;;. The van der Waals surface area contributed by atoms with Crippen LogP contribution in [-0.4, -0.2) is 36.7 Å². The quantitative estimate of drug-likeness (QED) is 0.268. The molecule has 4 nitrogen and oxygen atoms in total. The SMILES string of the molecule is C=C1S/C(C)=C\CCCN(C(=O)C(c2ccccc2)c2ccccc2)C2=C1CC=CC=C2.CC.CCCNCC=O. The number of rotatable bonds is 7. The molecule has 5 heteroatoms. The van der Waals surface area contributed by atoms with Crippen LogP contribution in [0.1, 0.15) is 70.4 Å². The number of nitrogens with zero attached hydrogens (tertiary/aromatic N) is 1. The normalized spacial score (nSPS) is 16.3. The number of hydrogen-bond acceptors (Lipinski definition) is 4. The van der Waals surface area contributed by atoms with Crippen molar-refractivity contribution in [2.75, 3.05) is 19.6 Å². The zero-order chi connectivity index (χ0) is 29.9. The molecule has 0 aromatic heterocycles. The molecule has 4 rings (SSSR count). The molecule has 0 radical (unpaired) electrons. The number of carbonyl (C=O) groups excluding carboxylic acids is 2. The maximum atomic E-state index is 14.3. The van der Waals surface area contributed by atoms with Crippen LogP contribution in [-0.2, 0) is 9.59 Å². The van der Waals surface area contributed by atoms with Gasteiger partial charge in [-0.1, -0.05) is 124 Å². The minimum atomic E-state index is -0.350. The molecule has 0 atom stereocenters. The summed E-state index contributed by atoms with van der Waals surface area (Å²) in [6.45, 7) is 14.7. The van der Waals surface area contributed by atoms with Crippen LogP contribution in [0.3, 0.4) is 0 Å². The van der Waals surface area contributed by atoms with Crippen LogP contribution >= 0.6 is 11.8 Å². The van der Waals surface area contributed by atoms with E-state index in [9.17, 15) is 9.59 Å². The average Bonchev–Trinajstić information content (AvgIpc) is 3.26. The zero-order valence-electron chi connectivity index (χ0n) is 25.1. The van der Waals surface area contributed by atoms with Crippen molar-refractivity contribution in [2.24, 2.45) is 0 Å². The third-order valence-electron chi connectivity index (χ3n) is 6.49. The van der Waals surface area contributed by atoms with Gasteiger partial charge in [0.05, 0.1) is 12.5 Å². The molecule has 218 valence electrons. The molecule has 1 aliphatic heterocycles. The van der Waals surface area contributed by atoms with Crippen molar-refractivity contribution in [3.8, 4) is 0 Å². The largest absolute Gasteiger partial charge is 0.311 e. The first kappa shape index (κ1) is 33.8. The highest BCUT2D eigenvalue weighted by molar-refractivity contribution is 8.06. The second-order valence-corrected chi connectivity index (χ2v) is 10.8. The van der Waals surface area contributed by atoms with E-state index in [1.807, 2.05) is 61.2 Å². The summed E-state index contributed by atoms with van der Waals surface area (Å²) in [6.07, 6.45) is 15.2. The topological polar surface area (TPSA) is 49.4 Å². The van der Waals surface area contributed by atoms with E-state index in [1.165, 1.54) is 4.91 Å². The number of carbonyl (C=O) groups is 2. The van der Waals surface area contributed by atoms with Gasteiger partial charge in [0, 0.05) is 17.1 Å². The van der Waals surface area contributed by atoms with Crippen molar-refractivity contribution in [1.29, 1.82) is 0 Å². The van der Waals surface area contributed by atoms with Gasteiger partial charge in [-0.15, -0.1) is 0 Å². The number of allylic oxidation sites excluding steroid dienone is 7. The van der Waals surface area contributed by atoms with Crippen LogP contribution in [0.25, 0.3) is 0 Å². The number of hydrogen-bond donors (Lipinski definition) is 1. The first-order valence-corrected chi connectivity index (χ1v) is 15.5. The highest BCUT2D eigenvalue weighted by Crippen LogP contribution is 2.38. The summed E-state index contributed by atoms with van der Waals surface area (Å²) in [5, 5.41) is 2.92. The Balaban J connectivity index is 0.000000573. The maximum absolute atomic E-state index is 14.3. The molecule has 0 bridgehead atoms. The molecule has 0 unspecified atom stereocenters. The number of thioether (sulfide) groups is 1. The van der Waals surface area contributed by atoms with Gasteiger partial charge >= 0.3 is 0 Å². The molecule has 0 fully saturated rings. The molecule has 41 heavy (non-hydrogen) atoms. The molecule has 1 amide bonds. The highest BCUT2D eigenvalue weighted by atomic mass is 32.2. The lowest BCUT2D eigenvalue weighted by Gasteiger charge is -2.31. The van der Waals surface area contributed by atoms with E-state index < -0.39 is 0 Å². The lowest BCUT2D eigenvalue weighted by molar-refractivity contribution is -0.129. The van der Waals surface area contributed by atoms with Crippen molar-refractivity contribution in [3.63, 3.8) is 0 Å². The maximum Gasteiger partial charge on any atom is 0.238 e. The van der Waals surface area contributed by atoms with Gasteiger partial charge in [0.15, 0.2) is 0 Å². The van der Waals surface area contributed by atoms with Crippen molar-refractivity contribution >= 4 is 24.0 Å². The summed E-state index contributed by atoms with van der Waals surface area (Å²) >= 11 is 1.71. The minimum Gasteiger partial charge on any atom is -0.311 e. The fraction of sp³-hybridized carbons (Fsp3) is 0.333. The summed E-state index contributed by atoms with van der Waals surface area (Å²) < 4.78 is 0. The number of benzene rings is 2.